The first kappa shape index (κ1) is 10.8. The first-order valence-electron chi connectivity index (χ1n) is 5.02. The highest BCUT2D eigenvalue weighted by molar-refractivity contribution is 5.62. The molecule has 1 N–H and O–H groups in total. The van der Waals surface area contributed by atoms with E-state index in [9.17, 15) is 4.79 Å². The number of carbonyl (C=O) groups excluding carboxylic acids is 1. The Hall–Kier alpha value is -1.31. The third-order valence-corrected chi connectivity index (χ3v) is 2.35. The van der Waals surface area contributed by atoms with Crippen LogP contribution in [0.2, 0.25) is 0 Å². The topological polar surface area (TPSA) is 37.3 Å². The van der Waals surface area contributed by atoms with E-state index in [0.717, 1.165) is 31.1 Å². The van der Waals surface area contributed by atoms with Crippen LogP contribution in [0.3, 0.4) is 0 Å². The van der Waals surface area contributed by atoms with Gasteiger partial charge in [0.05, 0.1) is 0 Å². The molecule has 0 aliphatic heterocycles. The summed E-state index contributed by atoms with van der Waals surface area (Å²) in [7, 11) is 0. The molecule has 1 rings (SSSR count). The smallest absolute Gasteiger partial charge is 0.127 e. The second-order valence-corrected chi connectivity index (χ2v) is 3.48. The van der Waals surface area contributed by atoms with Gasteiger partial charge in [0.15, 0.2) is 0 Å². The Balaban J connectivity index is 2.68. The Labute approximate surface area is 84.6 Å². The molecule has 0 radical (unpaired) electrons. The summed E-state index contributed by atoms with van der Waals surface area (Å²) in [6, 6.07) is 6.86. The van der Waals surface area contributed by atoms with Crippen LogP contribution in [0.25, 0.3) is 0 Å². The van der Waals surface area contributed by atoms with Gasteiger partial charge in [0.1, 0.15) is 12.0 Å². The van der Waals surface area contributed by atoms with Crippen LogP contribution in [-0.2, 0) is 4.79 Å². The molecule has 0 saturated carbocycles. The van der Waals surface area contributed by atoms with E-state index in [4.69, 9.17) is 5.11 Å². The Morgan fingerprint density at radius 2 is 2.00 bits per heavy atom. The summed E-state index contributed by atoms with van der Waals surface area (Å²) >= 11 is 0. The van der Waals surface area contributed by atoms with Gasteiger partial charge in [-0.2, -0.15) is 0 Å². The van der Waals surface area contributed by atoms with Crippen LogP contribution in [0.4, 0.5) is 0 Å². The fourth-order valence-corrected chi connectivity index (χ4v) is 1.46. The lowest BCUT2D eigenvalue weighted by molar-refractivity contribution is -0.109. The van der Waals surface area contributed by atoms with E-state index < -0.39 is 0 Å². The number of hydrogen-bond donors (Lipinski definition) is 1. The third-order valence-electron chi connectivity index (χ3n) is 2.35. The van der Waals surface area contributed by atoms with Crippen molar-refractivity contribution < 1.29 is 9.90 Å². The van der Waals surface area contributed by atoms with Crippen molar-refractivity contribution in [1.82, 2.24) is 0 Å². The highest BCUT2D eigenvalue weighted by Gasteiger charge is 2.08. The highest BCUT2D eigenvalue weighted by atomic mass is 16.3. The van der Waals surface area contributed by atoms with Gasteiger partial charge in [-0.15, -0.1) is 0 Å². The van der Waals surface area contributed by atoms with E-state index in [2.05, 4.69) is 6.92 Å². The summed E-state index contributed by atoms with van der Waals surface area (Å²) in [5.74, 6) is 0.226. The van der Waals surface area contributed by atoms with Crippen LogP contribution < -0.4 is 0 Å². The number of aldehydes is 1. The maximum Gasteiger partial charge on any atom is 0.127 e. The third kappa shape index (κ3) is 2.87. The summed E-state index contributed by atoms with van der Waals surface area (Å²) in [4.78, 5) is 10.8. The average molecular weight is 192 g/mol. The van der Waals surface area contributed by atoms with E-state index in [0.29, 0.717) is 0 Å². The van der Waals surface area contributed by atoms with Gasteiger partial charge in [-0.05, 0) is 24.1 Å². The standard InChI is InChI=1S/C12H16O2/c1-2-3-4-11(9-13)10-5-7-12(14)8-6-10/h5-9,11,14H,2-4H2,1H3. The molecular formula is C12H16O2. The molecule has 0 saturated heterocycles. The lowest BCUT2D eigenvalue weighted by Gasteiger charge is -2.09. The van der Waals surface area contributed by atoms with Crippen LogP contribution in [0, 0.1) is 0 Å². The molecule has 0 heterocycles. The molecule has 1 aromatic carbocycles. The maximum atomic E-state index is 10.8. The molecule has 1 aromatic rings. The normalized spacial score (nSPS) is 12.4. The Kier molecular flexibility index (Phi) is 4.17. The van der Waals surface area contributed by atoms with Crippen LogP contribution in [0.1, 0.15) is 37.7 Å². The van der Waals surface area contributed by atoms with Crippen LogP contribution in [-0.4, -0.2) is 11.4 Å². The van der Waals surface area contributed by atoms with Gasteiger partial charge in [0, 0.05) is 5.92 Å². The molecule has 14 heavy (non-hydrogen) atoms. The van der Waals surface area contributed by atoms with Crippen molar-refractivity contribution in [2.45, 2.75) is 32.1 Å². The molecule has 0 aliphatic carbocycles. The number of aromatic hydroxyl groups is 1. The monoisotopic (exact) mass is 192 g/mol. The molecule has 0 aromatic heterocycles. The van der Waals surface area contributed by atoms with Crippen molar-refractivity contribution in [3.8, 4) is 5.75 Å². The zero-order valence-corrected chi connectivity index (χ0v) is 8.44. The zero-order chi connectivity index (χ0) is 10.4. The largest absolute Gasteiger partial charge is 0.508 e. The number of phenolic OH excluding ortho intramolecular Hbond substituents is 1. The van der Waals surface area contributed by atoms with Gasteiger partial charge in [-0.25, -0.2) is 0 Å². The Morgan fingerprint density at radius 3 is 2.50 bits per heavy atom. The predicted molar refractivity (Wildman–Crippen MR) is 56.4 cm³/mol. The van der Waals surface area contributed by atoms with Crippen LogP contribution >= 0.6 is 0 Å². The van der Waals surface area contributed by atoms with Gasteiger partial charge >= 0.3 is 0 Å². The summed E-state index contributed by atoms with van der Waals surface area (Å²) in [5.41, 5.74) is 0.992. The minimum absolute atomic E-state index is 0.0180. The minimum atomic E-state index is -0.0180. The molecule has 0 amide bonds. The molecule has 0 bridgehead atoms. The second kappa shape index (κ2) is 5.43. The van der Waals surface area contributed by atoms with E-state index in [-0.39, 0.29) is 11.7 Å². The van der Waals surface area contributed by atoms with Crippen molar-refractivity contribution in [3.63, 3.8) is 0 Å². The van der Waals surface area contributed by atoms with Crippen molar-refractivity contribution >= 4 is 6.29 Å². The van der Waals surface area contributed by atoms with Crippen molar-refractivity contribution in [3.05, 3.63) is 29.8 Å². The molecule has 0 aliphatic rings. The summed E-state index contributed by atoms with van der Waals surface area (Å²) < 4.78 is 0. The SMILES string of the molecule is CCCCC(C=O)c1ccc(O)cc1. The van der Waals surface area contributed by atoms with Gasteiger partial charge in [0.2, 0.25) is 0 Å². The second-order valence-electron chi connectivity index (χ2n) is 3.48. The lowest BCUT2D eigenvalue weighted by atomic mass is 9.95. The van der Waals surface area contributed by atoms with E-state index in [1.165, 1.54) is 0 Å². The fourth-order valence-electron chi connectivity index (χ4n) is 1.46. The van der Waals surface area contributed by atoms with Gasteiger partial charge in [-0.1, -0.05) is 31.9 Å². The molecular weight excluding hydrogens is 176 g/mol. The number of benzene rings is 1. The predicted octanol–water partition coefficient (Wildman–Crippen LogP) is 2.86. The Morgan fingerprint density at radius 1 is 1.36 bits per heavy atom. The lowest BCUT2D eigenvalue weighted by Crippen LogP contribution is -1.99. The molecule has 2 nitrogen and oxygen atoms in total. The first-order chi connectivity index (χ1) is 6.77. The molecule has 1 unspecified atom stereocenters. The Bertz CT molecular complexity index is 277. The quantitative estimate of drug-likeness (QED) is 0.728. The number of rotatable bonds is 5. The molecule has 0 spiro atoms. The van der Waals surface area contributed by atoms with Gasteiger partial charge in [0.25, 0.3) is 0 Å². The summed E-state index contributed by atoms with van der Waals surface area (Å²) in [6.45, 7) is 2.11. The van der Waals surface area contributed by atoms with Crippen molar-refractivity contribution in [1.29, 1.82) is 0 Å². The zero-order valence-electron chi connectivity index (χ0n) is 8.44. The van der Waals surface area contributed by atoms with Crippen LogP contribution in [0.5, 0.6) is 5.75 Å². The number of phenols is 1. The van der Waals surface area contributed by atoms with E-state index in [1.54, 1.807) is 12.1 Å². The molecule has 76 valence electrons. The maximum absolute atomic E-state index is 10.8. The molecule has 0 fully saturated rings. The summed E-state index contributed by atoms with van der Waals surface area (Å²) in [5, 5.41) is 9.10. The van der Waals surface area contributed by atoms with Crippen LogP contribution in [0.15, 0.2) is 24.3 Å². The summed E-state index contributed by atoms with van der Waals surface area (Å²) in [6.07, 6.45) is 4.04. The number of unbranched alkanes of at least 4 members (excludes halogenated alkanes) is 1. The van der Waals surface area contributed by atoms with Gasteiger partial charge < -0.3 is 9.90 Å². The average Bonchev–Trinajstić information content (AvgIpc) is 2.21. The number of hydrogen-bond acceptors (Lipinski definition) is 2. The van der Waals surface area contributed by atoms with Crippen molar-refractivity contribution in [2.75, 3.05) is 0 Å². The highest BCUT2D eigenvalue weighted by Crippen LogP contribution is 2.21. The van der Waals surface area contributed by atoms with E-state index >= 15 is 0 Å². The van der Waals surface area contributed by atoms with E-state index in [1.807, 2.05) is 12.1 Å². The van der Waals surface area contributed by atoms with Gasteiger partial charge in [-0.3, -0.25) is 0 Å². The minimum Gasteiger partial charge on any atom is -0.508 e. The fraction of sp³-hybridized carbons (Fsp3) is 0.417. The first-order valence-corrected chi connectivity index (χ1v) is 5.02. The van der Waals surface area contributed by atoms with Crippen molar-refractivity contribution in [2.24, 2.45) is 0 Å². The number of carbonyl (C=O) groups is 1. The molecule has 2 heteroatoms. The molecule has 1 atom stereocenters.